The second-order valence-electron chi connectivity index (χ2n) is 7.73. The minimum Gasteiger partial charge on any atom is -0.375 e. The molecular weight excluding hydrogens is 248 g/mol. The largest absolute Gasteiger partial charge is 0.375 e. The highest BCUT2D eigenvalue weighted by atomic mass is 16.5. The molecule has 0 radical (unpaired) electrons. The molecule has 1 saturated heterocycles. The fourth-order valence-electron chi connectivity index (χ4n) is 4.64. The Labute approximate surface area is 125 Å². The molecule has 2 unspecified atom stereocenters. The van der Waals surface area contributed by atoms with Gasteiger partial charge in [0.1, 0.15) is 0 Å². The van der Waals surface area contributed by atoms with Crippen LogP contribution in [0, 0.1) is 11.8 Å². The monoisotopic (exact) mass is 282 g/mol. The van der Waals surface area contributed by atoms with Crippen LogP contribution in [0.1, 0.15) is 59.8 Å². The zero-order chi connectivity index (χ0) is 14.8. The predicted molar refractivity (Wildman–Crippen MR) is 84.8 cm³/mol. The molecule has 1 aliphatic heterocycles. The second-order valence-corrected chi connectivity index (χ2v) is 7.73. The SMILES string of the molecule is CC(C)CC(CN)(CC(C)C)N1CCOC2CCCC21. The van der Waals surface area contributed by atoms with Crippen molar-refractivity contribution in [2.45, 2.75) is 77.5 Å². The normalized spacial score (nSPS) is 28.4. The molecule has 1 saturated carbocycles. The molecule has 2 aliphatic rings. The lowest BCUT2D eigenvalue weighted by molar-refractivity contribution is -0.107. The first-order valence-corrected chi connectivity index (χ1v) is 8.57. The Morgan fingerprint density at radius 2 is 1.80 bits per heavy atom. The highest BCUT2D eigenvalue weighted by Crippen LogP contribution is 2.39. The average Bonchev–Trinajstić information content (AvgIpc) is 2.84. The summed E-state index contributed by atoms with van der Waals surface area (Å²) in [5.41, 5.74) is 6.52. The fraction of sp³-hybridized carbons (Fsp3) is 1.00. The van der Waals surface area contributed by atoms with Gasteiger partial charge in [-0.05, 0) is 43.9 Å². The Morgan fingerprint density at radius 1 is 1.15 bits per heavy atom. The van der Waals surface area contributed by atoms with Crippen molar-refractivity contribution in [3.63, 3.8) is 0 Å². The summed E-state index contributed by atoms with van der Waals surface area (Å²) in [6.07, 6.45) is 6.74. The van der Waals surface area contributed by atoms with E-state index in [1.54, 1.807) is 0 Å². The first kappa shape index (κ1) is 16.3. The minimum atomic E-state index is 0.180. The number of fused-ring (bicyclic) bond motifs is 1. The first-order valence-electron chi connectivity index (χ1n) is 8.57. The minimum absolute atomic E-state index is 0.180. The fourth-order valence-corrected chi connectivity index (χ4v) is 4.64. The van der Waals surface area contributed by atoms with Gasteiger partial charge in [0, 0.05) is 24.7 Å². The van der Waals surface area contributed by atoms with Gasteiger partial charge in [0.2, 0.25) is 0 Å². The van der Waals surface area contributed by atoms with Gasteiger partial charge in [0.05, 0.1) is 12.7 Å². The van der Waals surface area contributed by atoms with E-state index < -0.39 is 0 Å². The molecule has 0 aromatic carbocycles. The van der Waals surface area contributed by atoms with E-state index in [1.807, 2.05) is 0 Å². The average molecular weight is 282 g/mol. The lowest BCUT2D eigenvalue weighted by Crippen LogP contribution is -2.63. The summed E-state index contributed by atoms with van der Waals surface area (Å²) in [5.74, 6) is 1.39. The number of nitrogens with zero attached hydrogens (tertiary/aromatic N) is 1. The summed E-state index contributed by atoms with van der Waals surface area (Å²) in [6, 6.07) is 0.616. The van der Waals surface area contributed by atoms with Crippen molar-refractivity contribution in [3.8, 4) is 0 Å². The van der Waals surface area contributed by atoms with E-state index in [9.17, 15) is 0 Å². The summed E-state index contributed by atoms with van der Waals surface area (Å²) in [7, 11) is 0. The van der Waals surface area contributed by atoms with Crippen LogP contribution in [-0.2, 0) is 4.74 Å². The van der Waals surface area contributed by atoms with Crippen molar-refractivity contribution in [2.24, 2.45) is 17.6 Å². The summed E-state index contributed by atoms with van der Waals surface area (Å²) < 4.78 is 6.00. The molecule has 3 heteroatoms. The van der Waals surface area contributed by atoms with Gasteiger partial charge in [-0.1, -0.05) is 27.7 Å². The van der Waals surface area contributed by atoms with Crippen LogP contribution in [0.15, 0.2) is 0 Å². The highest BCUT2D eigenvalue weighted by molar-refractivity contribution is 5.01. The van der Waals surface area contributed by atoms with Gasteiger partial charge >= 0.3 is 0 Å². The summed E-state index contributed by atoms with van der Waals surface area (Å²) in [6.45, 7) is 12.1. The van der Waals surface area contributed by atoms with Gasteiger partial charge < -0.3 is 10.5 Å². The molecule has 1 aliphatic carbocycles. The van der Waals surface area contributed by atoms with Crippen molar-refractivity contribution in [3.05, 3.63) is 0 Å². The number of hydrogen-bond acceptors (Lipinski definition) is 3. The summed E-state index contributed by atoms with van der Waals surface area (Å²) >= 11 is 0. The molecule has 2 atom stereocenters. The molecule has 3 nitrogen and oxygen atoms in total. The highest BCUT2D eigenvalue weighted by Gasteiger charge is 2.46. The Morgan fingerprint density at radius 3 is 2.35 bits per heavy atom. The maximum Gasteiger partial charge on any atom is 0.0731 e. The second kappa shape index (κ2) is 6.76. The van der Waals surface area contributed by atoms with Gasteiger partial charge in [-0.25, -0.2) is 0 Å². The lowest BCUT2D eigenvalue weighted by atomic mass is 9.79. The van der Waals surface area contributed by atoms with Crippen LogP contribution in [0.2, 0.25) is 0 Å². The van der Waals surface area contributed by atoms with E-state index in [2.05, 4.69) is 32.6 Å². The predicted octanol–water partition coefficient (Wildman–Crippen LogP) is 3.03. The molecule has 0 bridgehead atoms. The van der Waals surface area contributed by atoms with Crippen LogP contribution >= 0.6 is 0 Å². The summed E-state index contributed by atoms with van der Waals surface area (Å²) in [4.78, 5) is 2.76. The smallest absolute Gasteiger partial charge is 0.0731 e. The van der Waals surface area contributed by atoms with E-state index in [-0.39, 0.29) is 5.54 Å². The van der Waals surface area contributed by atoms with Crippen LogP contribution in [0.5, 0.6) is 0 Å². The van der Waals surface area contributed by atoms with Crippen molar-refractivity contribution in [1.82, 2.24) is 4.90 Å². The molecule has 0 aromatic rings. The van der Waals surface area contributed by atoms with E-state index in [1.165, 1.54) is 32.1 Å². The first-order chi connectivity index (χ1) is 9.48. The van der Waals surface area contributed by atoms with E-state index >= 15 is 0 Å². The van der Waals surface area contributed by atoms with Gasteiger partial charge in [0.15, 0.2) is 0 Å². The summed E-state index contributed by atoms with van der Waals surface area (Å²) in [5, 5.41) is 0. The number of ether oxygens (including phenoxy) is 1. The Bertz CT molecular complexity index is 293. The van der Waals surface area contributed by atoms with Crippen LogP contribution in [0.4, 0.5) is 0 Å². The van der Waals surface area contributed by atoms with Gasteiger partial charge in [0.25, 0.3) is 0 Å². The molecule has 2 rings (SSSR count). The lowest BCUT2D eigenvalue weighted by Gasteiger charge is -2.52. The zero-order valence-electron chi connectivity index (χ0n) is 13.9. The molecule has 2 N–H and O–H groups in total. The molecule has 118 valence electrons. The Balaban J connectivity index is 2.23. The van der Waals surface area contributed by atoms with E-state index in [0.29, 0.717) is 24.0 Å². The van der Waals surface area contributed by atoms with Gasteiger partial charge in [-0.3, -0.25) is 4.90 Å². The number of nitrogens with two attached hydrogens (primary N) is 1. The van der Waals surface area contributed by atoms with E-state index in [0.717, 1.165) is 19.7 Å². The number of morpholine rings is 1. The van der Waals surface area contributed by atoms with Gasteiger partial charge in [-0.2, -0.15) is 0 Å². The number of rotatable bonds is 6. The van der Waals surface area contributed by atoms with Gasteiger partial charge in [-0.15, -0.1) is 0 Å². The maximum atomic E-state index is 6.34. The molecule has 0 spiro atoms. The third-order valence-electron chi connectivity index (χ3n) is 5.05. The van der Waals surface area contributed by atoms with E-state index in [4.69, 9.17) is 10.5 Å². The maximum absolute atomic E-state index is 6.34. The Hall–Kier alpha value is -0.120. The van der Waals surface area contributed by atoms with Crippen LogP contribution in [0.25, 0.3) is 0 Å². The standard InChI is InChI=1S/C17H34N2O/c1-13(2)10-17(12-18,11-14(3)4)19-8-9-20-16-7-5-6-15(16)19/h13-16H,5-12,18H2,1-4H3. The molecular formula is C17H34N2O. The molecule has 0 amide bonds. The quantitative estimate of drug-likeness (QED) is 0.814. The molecule has 20 heavy (non-hydrogen) atoms. The zero-order valence-corrected chi connectivity index (χ0v) is 13.9. The molecule has 0 aromatic heterocycles. The molecule has 2 fully saturated rings. The Kier molecular flexibility index (Phi) is 5.49. The van der Waals surface area contributed by atoms with Crippen LogP contribution < -0.4 is 5.73 Å². The van der Waals surface area contributed by atoms with Crippen LogP contribution in [0.3, 0.4) is 0 Å². The molecule has 1 heterocycles. The number of hydrogen-bond donors (Lipinski definition) is 1. The van der Waals surface area contributed by atoms with Crippen molar-refractivity contribution in [2.75, 3.05) is 19.7 Å². The third kappa shape index (κ3) is 3.37. The third-order valence-corrected chi connectivity index (χ3v) is 5.05. The van der Waals surface area contributed by atoms with Crippen molar-refractivity contribution in [1.29, 1.82) is 0 Å². The van der Waals surface area contributed by atoms with Crippen molar-refractivity contribution >= 4 is 0 Å². The van der Waals surface area contributed by atoms with Crippen molar-refractivity contribution < 1.29 is 4.74 Å². The topological polar surface area (TPSA) is 38.5 Å². The van der Waals surface area contributed by atoms with Crippen LogP contribution in [-0.4, -0.2) is 42.3 Å².